The monoisotopic (exact) mass is 387 g/mol. The van der Waals surface area contributed by atoms with Crippen LogP contribution in [0.4, 0.5) is 5.69 Å². The number of rotatable bonds is 3. The van der Waals surface area contributed by atoms with E-state index in [1.807, 2.05) is 0 Å². The second-order valence-electron chi connectivity index (χ2n) is 4.08. The second kappa shape index (κ2) is 6.47. The highest BCUT2D eigenvalue weighted by Gasteiger charge is 2.14. The average molecular weight is 389 g/mol. The molecule has 0 saturated carbocycles. The van der Waals surface area contributed by atoms with Crippen molar-refractivity contribution in [2.45, 2.75) is 0 Å². The molecule has 0 bridgehead atoms. The molecule has 0 atom stereocenters. The van der Waals surface area contributed by atoms with Crippen LogP contribution in [0.1, 0.15) is 20.7 Å². The van der Waals surface area contributed by atoms with E-state index in [2.05, 4.69) is 21.2 Å². The largest absolute Gasteiger partial charge is 0.478 e. The van der Waals surface area contributed by atoms with E-state index >= 15 is 0 Å². The summed E-state index contributed by atoms with van der Waals surface area (Å²) in [5, 5.41) is 12.3. The number of carbonyl (C=O) groups excluding carboxylic acids is 1. The van der Waals surface area contributed by atoms with Crippen LogP contribution in [0.5, 0.6) is 0 Å². The number of hydrogen-bond acceptors (Lipinski definition) is 2. The van der Waals surface area contributed by atoms with Gasteiger partial charge >= 0.3 is 5.97 Å². The summed E-state index contributed by atoms with van der Waals surface area (Å²) in [5.41, 5.74) is 0.384. The summed E-state index contributed by atoms with van der Waals surface area (Å²) >= 11 is 15.0. The Morgan fingerprint density at radius 3 is 2.43 bits per heavy atom. The van der Waals surface area contributed by atoms with Crippen molar-refractivity contribution in [3.63, 3.8) is 0 Å². The van der Waals surface area contributed by atoms with Gasteiger partial charge in [-0.1, -0.05) is 23.2 Å². The number of carboxylic acid groups (broad SMARTS) is 1. The Bertz CT molecular complexity index is 734. The highest BCUT2D eigenvalue weighted by molar-refractivity contribution is 9.10. The standard InChI is InChI=1S/C14H8BrCl2NO3/c15-10-4-1-7(5-11(10)17)13(19)18-12-6-8(16)2-3-9(12)14(20)21/h1-6H,(H,18,19)(H,20,21). The molecule has 2 rings (SSSR count). The van der Waals surface area contributed by atoms with E-state index in [-0.39, 0.29) is 11.3 Å². The van der Waals surface area contributed by atoms with Gasteiger partial charge < -0.3 is 10.4 Å². The molecule has 0 heterocycles. The van der Waals surface area contributed by atoms with E-state index in [9.17, 15) is 9.59 Å². The van der Waals surface area contributed by atoms with Gasteiger partial charge in [-0.15, -0.1) is 0 Å². The van der Waals surface area contributed by atoms with Crippen LogP contribution in [0.2, 0.25) is 10.0 Å². The first-order chi connectivity index (χ1) is 9.88. The summed E-state index contributed by atoms with van der Waals surface area (Å²) in [5.74, 6) is -1.63. The third-order valence-electron chi connectivity index (χ3n) is 2.64. The number of amides is 1. The fourth-order valence-electron chi connectivity index (χ4n) is 1.64. The van der Waals surface area contributed by atoms with Gasteiger partial charge in [0.25, 0.3) is 5.91 Å². The van der Waals surface area contributed by atoms with Gasteiger partial charge in [-0.2, -0.15) is 0 Å². The lowest BCUT2D eigenvalue weighted by Crippen LogP contribution is -2.14. The number of aromatic carboxylic acids is 1. The van der Waals surface area contributed by atoms with Crippen LogP contribution in [0.25, 0.3) is 0 Å². The molecule has 0 aliphatic heterocycles. The molecule has 0 aromatic heterocycles. The van der Waals surface area contributed by atoms with E-state index in [0.717, 1.165) is 0 Å². The van der Waals surface area contributed by atoms with Crippen molar-refractivity contribution in [1.29, 1.82) is 0 Å². The number of nitrogens with one attached hydrogen (secondary N) is 1. The molecular formula is C14H8BrCl2NO3. The molecular weight excluding hydrogens is 381 g/mol. The first-order valence-corrected chi connectivity index (χ1v) is 7.22. The van der Waals surface area contributed by atoms with E-state index in [4.69, 9.17) is 28.3 Å². The van der Waals surface area contributed by atoms with Crippen molar-refractivity contribution < 1.29 is 14.7 Å². The zero-order chi connectivity index (χ0) is 15.6. The van der Waals surface area contributed by atoms with Gasteiger partial charge in [0.05, 0.1) is 16.3 Å². The van der Waals surface area contributed by atoms with Crippen molar-refractivity contribution in [2.75, 3.05) is 5.32 Å². The Labute approximate surface area is 138 Å². The van der Waals surface area contributed by atoms with Crippen LogP contribution >= 0.6 is 39.1 Å². The quantitative estimate of drug-likeness (QED) is 0.800. The number of hydrogen-bond donors (Lipinski definition) is 2. The number of halogens is 3. The van der Waals surface area contributed by atoms with E-state index in [1.165, 1.54) is 24.3 Å². The molecule has 0 spiro atoms. The Morgan fingerprint density at radius 1 is 1.10 bits per heavy atom. The minimum absolute atomic E-state index is 0.0454. The number of carboxylic acids is 1. The SMILES string of the molecule is O=C(Nc1cc(Cl)ccc1C(=O)O)c1ccc(Br)c(Cl)c1. The zero-order valence-electron chi connectivity index (χ0n) is 10.4. The maximum Gasteiger partial charge on any atom is 0.337 e. The highest BCUT2D eigenvalue weighted by Crippen LogP contribution is 2.25. The van der Waals surface area contributed by atoms with Crippen molar-refractivity contribution in [3.05, 3.63) is 62.0 Å². The van der Waals surface area contributed by atoms with Gasteiger partial charge in [0.1, 0.15) is 0 Å². The maximum atomic E-state index is 12.1. The lowest BCUT2D eigenvalue weighted by atomic mass is 10.1. The van der Waals surface area contributed by atoms with Crippen LogP contribution in [-0.4, -0.2) is 17.0 Å². The summed E-state index contributed by atoms with van der Waals surface area (Å²) in [6, 6.07) is 8.82. The van der Waals surface area contributed by atoms with Crippen LogP contribution < -0.4 is 5.32 Å². The predicted molar refractivity (Wildman–Crippen MR) is 85.5 cm³/mol. The molecule has 0 fully saturated rings. The topological polar surface area (TPSA) is 66.4 Å². The molecule has 2 aromatic carbocycles. The normalized spacial score (nSPS) is 10.2. The van der Waals surface area contributed by atoms with Crippen molar-refractivity contribution in [3.8, 4) is 0 Å². The molecule has 2 aromatic rings. The summed E-state index contributed by atoms with van der Waals surface area (Å²) in [7, 11) is 0. The van der Waals surface area contributed by atoms with Crippen LogP contribution in [0.15, 0.2) is 40.9 Å². The van der Waals surface area contributed by atoms with Gasteiger partial charge in [-0.3, -0.25) is 4.79 Å². The smallest absolute Gasteiger partial charge is 0.337 e. The molecule has 21 heavy (non-hydrogen) atoms. The van der Waals surface area contributed by atoms with Crippen LogP contribution in [-0.2, 0) is 0 Å². The van der Waals surface area contributed by atoms with Crippen LogP contribution in [0, 0.1) is 0 Å². The van der Waals surface area contributed by atoms with E-state index in [1.54, 1.807) is 12.1 Å². The predicted octanol–water partition coefficient (Wildman–Crippen LogP) is 4.71. The molecule has 0 aliphatic carbocycles. The fraction of sp³-hybridized carbons (Fsp3) is 0. The molecule has 4 nitrogen and oxygen atoms in total. The molecule has 0 unspecified atom stereocenters. The van der Waals surface area contributed by atoms with Gasteiger partial charge in [0.2, 0.25) is 0 Å². The van der Waals surface area contributed by atoms with Crippen molar-refractivity contribution in [1.82, 2.24) is 0 Å². The van der Waals surface area contributed by atoms with Gasteiger partial charge in [0, 0.05) is 15.1 Å². The minimum Gasteiger partial charge on any atom is -0.478 e. The molecule has 7 heteroatoms. The third-order valence-corrected chi connectivity index (χ3v) is 4.11. The van der Waals surface area contributed by atoms with Crippen LogP contribution in [0.3, 0.4) is 0 Å². The number of anilines is 1. The summed E-state index contributed by atoms with van der Waals surface area (Å²) in [6.45, 7) is 0. The Kier molecular flexibility index (Phi) is 4.88. The van der Waals surface area contributed by atoms with Crippen molar-refractivity contribution in [2.24, 2.45) is 0 Å². The molecule has 108 valence electrons. The number of carbonyl (C=O) groups is 2. The van der Waals surface area contributed by atoms with Gasteiger partial charge in [-0.05, 0) is 52.3 Å². The molecule has 1 amide bonds. The Morgan fingerprint density at radius 2 is 1.81 bits per heavy atom. The molecule has 0 saturated heterocycles. The lowest BCUT2D eigenvalue weighted by Gasteiger charge is -2.09. The number of benzene rings is 2. The first kappa shape index (κ1) is 15.8. The maximum absolute atomic E-state index is 12.1. The Hall–Kier alpha value is -1.56. The summed E-state index contributed by atoms with van der Waals surface area (Å²) in [6.07, 6.45) is 0. The fourth-order valence-corrected chi connectivity index (χ4v) is 2.24. The molecule has 2 N–H and O–H groups in total. The van der Waals surface area contributed by atoms with Crippen molar-refractivity contribution >= 4 is 56.7 Å². The third kappa shape index (κ3) is 3.75. The average Bonchev–Trinajstić information content (AvgIpc) is 2.41. The highest BCUT2D eigenvalue weighted by atomic mass is 79.9. The minimum atomic E-state index is -1.16. The van der Waals surface area contributed by atoms with Gasteiger partial charge in [-0.25, -0.2) is 4.79 Å². The summed E-state index contributed by atoms with van der Waals surface area (Å²) in [4.78, 5) is 23.3. The van der Waals surface area contributed by atoms with E-state index in [0.29, 0.717) is 20.1 Å². The van der Waals surface area contributed by atoms with Gasteiger partial charge in [0.15, 0.2) is 0 Å². The Balaban J connectivity index is 2.33. The molecule has 0 radical (unpaired) electrons. The zero-order valence-corrected chi connectivity index (χ0v) is 13.5. The van der Waals surface area contributed by atoms with E-state index < -0.39 is 11.9 Å². The lowest BCUT2D eigenvalue weighted by molar-refractivity contribution is 0.0698. The molecule has 0 aliphatic rings. The second-order valence-corrected chi connectivity index (χ2v) is 5.78. The summed E-state index contributed by atoms with van der Waals surface area (Å²) < 4.78 is 0.662. The first-order valence-electron chi connectivity index (χ1n) is 5.67.